The van der Waals surface area contributed by atoms with Crippen molar-refractivity contribution in [2.75, 3.05) is 13.6 Å². The largest absolute Gasteiger partial charge is 0.491 e. The van der Waals surface area contributed by atoms with Crippen LogP contribution in [0.4, 0.5) is 13.2 Å². The van der Waals surface area contributed by atoms with Gasteiger partial charge in [-0.15, -0.1) is 11.3 Å². The number of guanidine groups is 1. The summed E-state index contributed by atoms with van der Waals surface area (Å²) in [5, 5.41) is 7.71. The van der Waals surface area contributed by atoms with Crippen LogP contribution in [0.2, 0.25) is 0 Å². The molecule has 0 radical (unpaired) electrons. The first kappa shape index (κ1) is 21.0. The third-order valence-electron chi connectivity index (χ3n) is 3.45. The number of aliphatic imine (C=N–C) groups is 1. The first-order chi connectivity index (χ1) is 12.8. The van der Waals surface area contributed by atoms with Crippen LogP contribution < -0.4 is 15.4 Å². The molecule has 2 aromatic rings. The van der Waals surface area contributed by atoms with Crippen molar-refractivity contribution in [3.8, 4) is 5.75 Å². The Labute approximate surface area is 160 Å². The Balaban J connectivity index is 1.76. The average Bonchev–Trinajstić information content (AvgIpc) is 3.08. The molecule has 0 aliphatic heterocycles. The third kappa shape index (κ3) is 7.09. The predicted molar refractivity (Wildman–Crippen MR) is 101 cm³/mol. The van der Waals surface area contributed by atoms with Gasteiger partial charge in [0.05, 0.1) is 11.1 Å². The van der Waals surface area contributed by atoms with Gasteiger partial charge in [0.15, 0.2) is 11.7 Å². The lowest BCUT2D eigenvalue weighted by molar-refractivity contribution is -0.140. The van der Waals surface area contributed by atoms with Crippen molar-refractivity contribution in [3.05, 3.63) is 45.9 Å². The summed E-state index contributed by atoms with van der Waals surface area (Å²) in [6.45, 7) is 4.95. The molecule has 5 nitrogen and oxygen atoms in total. The number of aromatic nitrogens is 1. The molecule has 0 aliphatic rings. The van der Waals surface area contributed by atoms with Gasteiger partial charge in [0.2, 0.25) is 0 Å². The first-order valence-electron chi connectivity index (χ1n) is 8.49. The second-order valence-corrected chi connectivity index (χ2v) is 6.98. The summed E-state index contributed by atoms with van der Waals surface area (Å²) in [6, 6.07) is 7.75. The van der Waals surface area contributed by atoms with E-state index in [2.05, 4.69) is 20.6 Å². The average molecular weight is 400 g/mol. The van der Waals surface area contributed by atoms with Crippen molar-refractivity contribution in [1.82, 2.24) is 15.6 Å². The fourth-order valence-corrected chi connectivity index (χ4v) is 3.01. The fraction of sp³-hybridized carbons (Fsp3) is 0.444. The molecule has 0 bridgehead atoms. The number of hydrogen-bond donors (Lipinski definition) is 2. The van der Waals surface area contributed by atoms with Crippen LogP contribution in [0.25, 0.3) is 0 Å². The van der Waals surface area contributed by atoms with E-state index in [0.29, 0.717) is 30.5 Å². The second-order valence-electron chi connectivity index (χ2n) is 6.04. The number of thiazole rings is 1. The molecule has 1 aromatic carbocycles. The molecule has 27 heavy (non-hydrogen) atoms. The molecule has 2 N–H and O–H groups in total. The summed E-state index contributed by atoms with van der Waals surface area (Å²) in [5.41, 5.74) is 0.221. The Morgan fingerprint density at radius 3 is 2.48 bits per heavy atom. The zero-order valence-corrected chi connectivity index (χ0v) is 16.2. The minimum absolute atomic E-state index is 0.127. The highest BCUT2D eigenvalue weighted by Gasteiger charge is 2.33. The third-order valence-corrected chi connectivity index (χ3v) is 4.36. The quantitative estimate of drug-likeness (QED) is 0.547. The smallest absolute Gasteiger partial charge is 0.434 e. The highest BCUT2D eigenvalue weighted by atomic mass is 32.1. The van der Waals surface area contributed by atoms with Crippen LogP contribution in [0.5, 0.6) is 5.75 Å². The highest BCUT2D eigenvalue weighted by molar-refractivity contribution is 7.09. The lowest BCUT2D eigenvalue weighted by atomic mass is 10.2. The number of halogens is 3. The molecule has 148 valence electrons. The van der Waals surface area contributed by atoms with Crippen LogP contribution in [0, 0.1) is 0 Å². The summed E-state index contributed by atoms with van der Waals surface area (Å²) in [5.74, 6) is 1.39. The van der Waals surface area contributed by atoms with Gasteiger partial charge >= 0.3 is 6.18 Å². The maximum absolute atomic E-state index is 12.5. The van der Waals surface area contributed by atoms with E-state index < -0.39 is 11.9 Å². The highest BCUT2D eigenvalue weighted by Crippen LogP contribution is 2.29. The van der Waals surface area contributed by atoms with Crippen LogP contribution in [0.3, 0.4) is 0 Å². The van der Waals surface area contributed by atoms with Gasteiger partial charge in [-0.25, -0.2) is 4.98 Å². The summed E-state index contributed by atoms with van der Waals surface area (Å²) < 4.78 is 43.2. The van der Waals surface area contributed by atoms with E-state index >= 15 is 0 Å². The van der Waals surface area contributed by atoms with Crippen molar-refractivity contribution in [3.63, 3.8) is 0 Å². The maximum atomic E-state index is 12.5. The molecule has 1 aromatic heterocycles. The molecule has 2 rings (SSSR count). The summed E-state index contributed by atoms with van der Waals surface area (Å²) in [4.78, 5) is 7.72. The minimum atomic E-state index is -4.39. The van der Waals surface area contributed by atoms with Gasteiger partial charge in [-0.05, 0) is 31.5 Å². The van der Waals surface area contributed by atoms with Crippen LogP contribution in [-0.4, -0.2) is 30.6 Å². The van der Waals surface area contributed by atoms with E-state index in [4.69, 9.17) is 4.74 Å². The SMILES string of the molecule is CN=C(NCCc1nc(C(F)(F)F)cs1)NCc1ccc(OC(C)C)cc1. The molecule has 0 aliphatic carbocycles. The molecule has 9 heteroatoms. The summed E-state index contributed by atoms with van der Waals surface area (Å²) >= 11 is 1.01. The van der Waals surface area contributed by atoms with Crippen LogP contribution >= 0.6 is 11.3 Å². The standard InChI is InChI=1S/C18H23F3N4OS/c1-12(2)26-14-6-4-13(5-7-14)10-24-17(22-3)23-9-8-16-25-15(11-27-16)18(19,20)21/h4-7,11-12H,8-10H2,1-3H3,(H2,22,23,24). The zero-order valence-electron chi connectivity index (χ0n) is 15.4. The topological polar surface area (TPSA) is 58.5 Å². The Bertz CT molecular complexity index is 742. The number of nitrogens with zero attached hydrogens (tertiary/aromatic N) is 2. The van der Waals surface area contributed by atoms with E-state index in [0.717, 1.165) is 28.0 Å². The monoisotopic (exact) mass is 400 g/mol. The molecule has 0 saturated carbocycles. The maximum Gasteiger partial charge on any atom is 0.434 e. The summed E-state index contributed by atoms with van der Waals surface area (Å²) in [6.07, 6.45) is -3.87. The lowest BCUT2D eigenvalue weighted by Crippen LogP contribution is -2.37. The minimum Gasteiger partial charge on any atom is -0.491 e. The van der Waals surface area contributed by atoms with Gasteiger partial charge in [-0.3, -0.25) is 4.99 Å². The molecule has 0 saturated heterocycles. The number of hydrogen-bond acceptors (Lipinski definition) is 4. The molecular formula is C18H23F3N4OS. The Kier molecular flexibility index (Phi) is 7.46. The first-order valence-corrected chi connectivity index (χ1v) is 9.37. The van der Waals surface area contributed by atoms with Gasteiger partial charge in [0.1, 0.15) is 5.75 Å². The predicted octanol–water partition coefficient (Wildman–Crippen LogP) is 3.86. The van der Waals surface area contributed by atoms with E-state index in [-0.39, 0.29) is 6.10 Å². The zero-order chi connectivity index (χ0) is 19.9. The van der Waals surface area contributed by atoms with E-state index in [1.54, 1.807) is 7.05 Å². The van der Waals surface area contributed by atoms with Gasteiger partial charge in [-0.2, -0.15) is 13.2 Å². The fourth-order valence-electron chi connectivity index (χ4n) is 2.21. The molecular weight excluding hydrogens is 377 g/mol. The molecule has 0 atom stereocenters. The number of ether oxygens (including phenoxy) is 1. The lowest BCUT2D eigenvalue weighted by Gasteiger charge is -2.13. The Morgan fingerprint density at radius 1 is 1.22 bits per heavy atom. The van der Waals surface area contributed by atoms with Gasteiger partial charge in [0, 0.05) is 31.9 Å². The van der Waals surface area contributed by atoms with Crippen molar-refractivity contribution in [2.24, 2.45) is 4.99 Å². The Morgan fingerprint density at radius 2 is 1.93 bits per heavy atom. The van der Waals surface area contributed by atoms with E-state index in [1.807, 2.05) is 38.1 Å². The van der Waals surface area contributed by atoms with Crippen molar-refractivity contribution >= 4 is 17.3 Å². The normalized spacial score (nSPS) is 12.3. The van der Waals surface area contributed by atoms with Crippen LogP contribution in [-0.2, 0) is 19.1 Å². The second kappa shape index (κ2) is 9.59. The molecule has 0 fully saturated rings. The van der Waals surface area contributed by atoms with Crippen molar-refractivity contribution < 1.29 is 17.9 Å². The molecule has 0 unspecified atom stereocenters. The molecule has 0 spiro atoms. The van der Waals surface area contributed by atoms with Crippen molar-refractivity contribution in [2.45, 2.75) is 39.1 Å². The van der Waals surface area contributed by atoms with Gasteiger partial charge in [0.25, 0.3) is 0 Å². The molecule has 1 heterocycles. The van der Waals surface area contributed by atoms with Crippen LogP contribution in [0.1, 0.15) is 30.1 Å². The van der Waals surface area contributed by atoms with Gasteiger partial charge < -0.3 is 15.4 Å². The Hall–Kier alpha value is -2.29. The molecule has 0 amide bonds. The number of alkyl halides is 3. The van der Waals surface area contributed by atoms with Crippen molar-refractivity contribution in [1.29, 1.82) is 0 Å². The summed E-state index contributed by atoms with van der Waals surface area (Å²) in [7, 11) is 1.64. The van der Waals surface area contributed by atoms with E-state index in [1.165, 1.54) is 0 Å². The number of nitrogens with one attached hydrogen (secondary N) is 2. The number of rotatable bonds is 7. The van der Waals surface area contributed by atoms with Gasteiger partial charge in [-0.1, -0.05) is 12.1 Å². The van der Waals surface area contributed by atoms with Crippen LogP contribution in [0.15, 0.2) is 34.6 Å². The number of benzene rings is 1. The van der Waals surface area contributed by atoms with E-state index in [9.17, 15) is 13.2 Å².